The summed E-state index contributed by atoms with van der Waals surface area (Å²) >= 11 is 1.22. The lowest BCUT2D eigenvalue weighted by molar-refractivity contribution is -0.139. The molecule has 7 nitrogen and oxygen atoms in total. The summed E-state index contributed by atoms with van der Waals surface area (Å²) in [6.45, 7) is 12.2. The van der Waals surface area contributed by atoms with Crippen molar-refractivity contribution in [1.82, 2.24) is 4.57 Å². The molecule has 0 bridgehead atoms. The molecule has 0 saturated heterocycles. The van der Waals surface area contributed by atoms with Gasteiger partial charge in [-0.3, -0.25) is 14.2 Å². The number of fused-ring (bicyclic) bond motifs is 2. The predicted octanol–water partition coefficient (Wildman–Crippen LogP) is 4.83. The molecule has 0 aliphatic carbocycles. The maximum Gasteiger partial charge on any atom is 0.338 e. The molecule has 3 heterocycles. The molecule has 8 heteroatoms. The van der Waals surface area contributed by atoms with Gasteiger partial charge in [-0.25, -0.2) is 9.79 Å². The number of nitrogens with zero attached hydrogens (tertiary/aromatic N) is 3. The third-order valence-electron chi connectivity index (χ3n) is 7.40. The number of carbonyl (C=O) groups is 2. The monoisotopic (exact) mass is 557 g/mol. The van der Waals surface area contributed by atoms with Gasteiger partial charge in [0.25, 0.3) is 11.5 Å². The van der Waals surface area contributed by atoms with Gasteiger partial charge >= 0.3 is 5.97 Å². The highest BCUT2D eigenvalue weighted by Crippen LogP contribution is 2.37. The standard InChI is InChI=1S/C32H35N3O4S/c1-7-11-23-26(31(38)39-8-2)27(21-16-14-20(15-17-21)18(3)4)35-30(37)28(40-32(35)33-23)25-22-12-9-10-13-24(22)34(19(5)6)29(25)36/h9-10,12-19,27H,7-8,11H2,1-6H3/b28-25+/t27-/m1/s1. The fourth-order valence-corrected chi connectivity index (χ4v) is 6.63. The molecule has 0 saturated carbocycles. The van der Waals surface area contributed by atoms with Crippen molar-refractivity contribution in [3.63, 3.8) is 0 Å². The van der Waals surface area contributed by atoms with Crippen LogP contribution in [-0.4, -0.2) is 29.1 Å². The quantitative estimate of drug-likeness (QED) is 0.390. The number of aromatic nitrogens is 1. The van der Waals surface area contributed by atoms with Crippen LogP contribution in [0.25, 0.3) is 5.57 Å². The molecule has 208 valence electrons. The Morgan fingerprint density at radius 1 is 1.02 bits per heavy atom. The second-order valence-electron chi connectivity index (χ2n) is 10.7. The van der Waals surface area contributed by atoms with Crippen LogP contribution in [0.3, 0.4) is 0 Å². The van der Waals surface area contributed by atoms with Crippen molar-refractivity contribution in [2.75, 3.05) is 11.5 Å². The largest absolute Gasteiger partial charge is 0.463 e. The van der Waals surface area contributed by atoms with Crippen molar-refractivity contribution >= 4 is 34.5 Å². The lowest BCUT2D eigenvalue weighted by Gasteiger charge is -2.26. The van der Waals surface area contributed by atoms with E-state index in [-0.39, 0.29) is 24.1 Å². The van der Waals surface area contributed by atoms with Crippen molar-refractivity contribution in [2.45, 2.75) is 72.4 Å². The van der Waals surface area contributed by atoms with E-state index in [0.717, 1.165) is 28.8 Å². The summed E-state index contributed by atoms with van der Waals surface area (Å²) in [6, 6.07) is 14.8. The van der Waals surface area contributed by atoms with Crippen LogP contribution in [0.2, 0.25) is 0 Å². The Morgan fingerprint density at radius 3 is 2.35 bits per heavy atom. The highest BCUT2D eigenvalue weighted by molar-refractivity contribution is 7.07. The Kier molecular flexibility index (Phi) is 7.64. The van der Waals surface area contributed by atoms with Crippen LogP contribution in [0, 0.1) is 0 Å². The average molecular weight is 558 g/mol. The Hall–Kier alpha value is -3.78. The molecule has 0 fully saturated rings. The minimum absolute atomic E-state index is 0.0753. The van der Waals surface area contributed by atoms with E-state index in [2.05, 4.69) is 13.8 Å². The second-order valence-corrected chi connectivity index (χ2v) is 11.7. The molecule has 2 aromatic carbocycles. The van der Waals surface area contributed by atoms with E-state index in [0.29, 0.717) is 38.5 Å². The lowest BCUT2D eigenvalue weighted by atomic mass is 9.92. The second kappa shape index (κ2) is 11.0. The van der Waals surface area contributed by atoms with E-state index >= 15 is 0 Å². The van der Waals surface area contributed by atoms with E-state index in [1.54, 1.807) is 16.4 Å². The van der Waals surface area contributed by atoms with Crippen LogP contribution in [-0.2, 0) is 14.3 Å². The SMILES string of the molecule is CCCC1=C(C(=O)OCC)[C@@H](c2ccc(C(C)C)cc2)n2c(s/c(=C3/C(=O)N(C(C)C)c4ccccc43)c2=O)=N1. The summed E-state index contributed by atoms with van der Waals surface area (Å²) in [5.41, 5.74) is 4.56. The van der Waals surface area contributed by atoms with E-state index in [9.17, 15) is 14.4 Å². The van der Waals surface area contributed by atoms with Gasteiger partial charge in [0.05, 0.1) is 35.2 Å². The predicted molar refractivity (Wildman–Crippen MR) is 158 cm³/mol. The highest BCUT2D eigenvalue weighted by atomic mass is 32.1. The van der Waals surface area contributed by atoms with Crippen LogP contribution < -0.4 is 19.8 Å². The average Bonchev–Trinajstić information content (AvgIpc) is 3.40. The van der Waals surface area contributed by atoms with Gasteiger partial charge in [-0.15, -0.1) is 0 Å². The van der Waals surface area contributed by atoms with Gasteiger partial charge in [0.15, 0.2) is 4.80 Å². The van der Waals surface area contributed by atoms with Gasteiger partial charge in [-0.1, -0.05) is 81.0 Å². The molecule has 1 amide bonds. The third-order valence-corrected chi connectivity index (χ3v) is 8.45. The fraction of sp³-hybridized carbons (Fsp3) is 0.375. The zero-order chi connectivity index (χ0) is 28.7. The maximum atomic E-state index is 14.3. The Balaban J connectivity index is 1.83. The molecule has 1 aromatic heterocycles. The summed E-state index contributed by atoms with van der Waals surface area (Å²) in [5.74, 6) is -0.331. The van der Waals surface area contributed by atoms with Crippen LogP contribution in [0.15, 0.2) is 69.6 Å². The first-order valence-electron chi connectivity index (χ1n) is 14.0. The number of esters is 1. The fourth-order valence-electron chi connectivity index (χ4n) is 5.52. The van der Waals surface area contributed by atoms with Gasteiger partial charge in [-0.05, 0) is 50.3 Å². The number of para-hydroxylation sites is 1. The van der Waals surface area contributed by atoms with E-state index in [1.807, 2.05) is 69.3 Å². The van der Waals surface area contributed by atoms with Crippen LogP contribution in [0.5, 0.6) is 0 Å². The zero-order valence-corrected chi connectivity index (χ0v) is 24.7. The first-order valence-corrected chi connectivity index (χ1v) is 14.8. The van der Waals surface area contributed by atoms with E-state index < -0.39 is 12.0 Å². The minimum Gasteiger partial charge on any atom is -0.463 e. The smallest absolute Gasteiger partial charge is 0.338 e. The summed E-state index contributed by atoms with van der Waals surface area (Å²) < 4.78 is 7.42. The number of hydrogen-bond donors (Lipinski definition) is 0. The van der Waals surface area contributed by atoms with Crippen molar-refractivity contribution in [3.05, 3.63) is 96.2 Å². The number of anilines is 1. The molecular weight excluding hydrogens is 522 g/mol. The van der Waals surface area contributed by atoms with Crippen LogP contribution in [0.4, 0.5) is 5.69 Å². The Morgan fingerprint density at radius 2 is 1.73 bits per heavy atom. The molecular formula is C32H35N3O4S. The highest BCUT2D eigenvalue weighted by Gasteiger charge is 2.38. The lowest BCUT2D eigenvalue weighted by Crippen LogP contribution is -2.41. The summed E-state index contributed by atoms with van der Waals surface area (Å²) in [5, 5.41) is 0. The number of thiazole rings is 1. The molecule has 2 aliphatic heterocycles. The molecule has 1 atom stereocenters. The topological polar surface area (TPSA) is 81.0 Å². The van der Waals surface area contributed by atoms with E-state index in [4.69, 9.17) is 9.73 Å². The summed E-state index contributed by atoms with van der Waals surface area (Å²) in [4.78, 5) is 48.6. The number of ether oxygens (including phenoxy) is 1. The van der Waals surface area contributed by atoms with Crippen LogP contribution in [0.1, 0.15) is 83.0 Å². The first-order chi connectivity index (χ1) is 19.2. The molecule has 2 aliphatic rings. The number of hydrogen-bond acceptors (Lipinski definition) is 6. The maximum absolute atomic E-state index is 14.3. The van der Waals surface area contributed by atoms with Crippen molar-refractivity contribution in [2.24, 2.45) is 4.99 Å². The zero-order valence-electron chi connectivity index (χ0n) is 23.9. The first kappa shape index (κ1) is 27.8. The molecule has 0 spiro atoms. The molecule has 0 radical (unpaired) electrons. The molecule has 40 heavy (non-hydrogen) atoms. The van der Waals surface area contributed by atoms with Gasteiger partial charge in [0.2, 0.25) is 0 Å². The van der Waals surface area contributed by atoms with E-state index in [1.165, 1.54) is 11.3 Å². The van der Waals surface area contributed by atoms with Crippen LogP contribution >= 0.6 is 11.3 Å². The number of amides is 1. The molecule has 3 aromatic rings. The minimum atomic E-state index is -0.708. The number of rotatable bonds is 7. The summed E-state index contributed by atoms with van der Waals surface area (Å²) in [7, 11) is 0. The molecule has 5 rings (SSSR count). The Labute approximate surface area is 238 Å². The molecule has 0 unspecified atom stereocenters. The van der Waals surface area contributed by atoms with Gasteiger partial charge in [0.1, 0.15) is 4.53 Å². The number of carbonyl (C=O) groups excluding carboxylic acids is 2. The normalized spacial score (nSPS) is 17.9. The van der Waals surface area contributed by atoms with Crippen molar-refractivity contribution in [3.8, 4) is 0 Å². The van der Waals surface area contributed by atoms with Crippen molar-refractivity contribution < 1.29 is 14.3 Å². The number of benzene rings is 2. The third kappa shape index (κ3) is 4.54. The van der Waals surface area contributed by atoms with Gasteiger partial charge < -0.3 is 9.64 Å². The molecule has 0 N–H and O–H groups in total. The summed E-state index contributed by atoms with van der Waals surface area (Å²) in [6.07, 6.45) is 1.34. The van der Waals surface area contributed by atoms with Gasteiger partial charge in [0, 0.05) is 11.6 Å². The van der Waals surface area contributed by atoms with Crippen molar-refractivity contribution in [1.29, 1.82) is 0 Å². The Bertz CT molecular complexity index is 1690. The number of allylic oxidation sites excluding steroid dienone is 1. The van der Waals surface area contributed by atoms with Gasteiger partial charge in [-0.2, -0.15) is 0 Å².